The van der Waals surface area contributed by atoms with Crippen LogP contribution in [0.15, 0.2) is 34.9 Å². The Morgan fingerprint density at radius 2 is 2.10 bits per heavy atom. The van der Waals surface area contributed by atoms with E-state index in [0.29, 0.717) is 5.92 Å². The normalized spacial score (nSPS) is 28.7. The minimum atomic E-state index is 0.277. The second-order valence-electron chi connectivity index (χ2n) is 5.95. The van der Waals surface area contributed by atoms with Crippen LogP contribution in [0.4, 0.5) is 0 Å². The Bertz CT molecular complexity index is 580. The van der Waals surface area contributed by atoms with Crippen LogP contribution in [0.5, 0.6) is 0 Å². The number of nitrogens with zero attached hydrogens (tertiary/aromatic N) is 2. The highest BCUT2D eigenvalue weighted by molar-refractivity contribution is 5.18. The van der Waals surface area contributed by atoms with Crippen LogP contribution in [0, 0.1) is 11.8 Å². The molecule has 4 rings (SSSR count). The molecule has 3 atom stereocenters. The number of rotatable bonds is 3. The molecule has 1 aliphatic carbocycles. The van der Waals surface area contributed by atoms with Crippen LogP contribution < -0.4 is 5.32 Å². The number of hydrogen-bond donors (Lipinski definition) is 1. The number of nitrogens with one attached hydrogen (secondary N) is 1. The van der Waals surface area contributed by atoms with Crippen molar-refractivity contribution in [1.29, 1.82) is 0 Å². The van der Waals surface area contributed by atoms with E-state index in [0.717, 1.165) is 30.6 Å². The lowest BCUT2D eigenvalue weighted by molar-refractivity contribution is 0.301. The fraction of sp³-hybridized carbons (Fsp3) is 0.500. The molecule has 0 spiro atoms. The first kappa shape index (κ1) is 12.1. The average molecular weight is 269 g/mol. The first-order valence-corrected chi connectivity index (χ1v) is 7.50. The molecule has 0 radical (unpaired) electrons. The Labute approximate surface area is 118 Å². The van der Waals surface area contributed by atoms with Gasteiger partial charge in [0.25, 0.3) is 0 Å². The lowest BCUT2D eigenvalue weighted by Gasteiger charge is -2.13. The fourth-order valence-corrected chi connectivity index (χ4v) is 3.70. The van der Waals surface area contributed by atoms with E-state index < -0.39 is 0 Å². The highest BCUT2D eigenvalue weighted by Crippen LogP contribution is 2.43. The summed E-state index contributed by atoms with van der Waals surface area (Å²) in [4.78, 5) is 4.61. The topological polar surface area (TPSA) is 51.0 Å². The molecule has 0 amide bonds. The van der Waals surface area contributed by atoms with Crippen molar-refractivity contribution >= 4 is 0 Å². The number of fused-ring (bicyclic) bond motifs is 1. The molecule has 2 aliphatic rings. The summed E-state index contributed by atoms with van der Waals surface area (Å²) < 4.78 is 5.51. The smallest absolute Gasteiger partial charge is 0.244 e. The molecule has 2 heterocycles. The summed E-state index contributed by atoms with van der Waals surface area (Å²) in [5, 5.41) is 7.70. The zero-order chi connectivity index (χ0) is 13.4. The molecule has 0 bridgehead atoms. The van der Waals surface area contributed by atoms with Crippen molar-refractivity contribution in [3.05, 3.63) is 47.6 Å². The van der Waals surface area contributed by atoms with Gasteiger partial charge in [-0.3, -0.25) is 0 Å². The molecule has 3 unspecified atom stereocenters. The first-order valence-electron chi connectivity index (χ1n) is 7.50. The van der Waals surface area contributed by atoms with E-state index in [4.69, 9.17) is 4.52 Å². The number of benzene rings is 1. The van der Waals surface area contributed by atoms with Crippen LogP contribution in [-0.4, -0.2) is 16.7 Å². The van der Waals surface area contributed by atoms with Crippen molar-refractivity contribution < 1.29 is 4.52 Å². The van der Waals surface area contributed by atoms with E-state index in [1.807, 2.05) is 18.2 Å². The van der Waals surface area contributed by atoms with Crippen molar-refractivity contribution in [2.45, 2.75) is 31.7 Å². The predicted octanol–water partition coefficient (Wildman–Crippen LogP) is 2.72. The van der Waals surface area contributed by atoms with E-state index in [-0.39, 0.29) is 6.04 Å². The monoisotopic (exact) mass is 269 g/mol. The Hall–Kier alpha value is -1.68. The molecule has 4 heteroatoms. The molecule has 1 saturated carbocycles. The summed E-state index contributed by atoms with van der Waals surface area (Å²) in [6, 6.07) is 10.6. The largest absolute Gasteiger partial charge is 0.338 e. The van der Waals surface area contributed by atoms with Gasteiger partial charge in [-0.1, -0.05) is 41.9 Å². The van der Waals surface area contributed by atoms with Crippen LogP contribution >= 0.6 is 0 Å². The molecule has 2 fully saturated rings. The Kier molecular flexibility index (Phi) is 3.03. The Morgan fingerprint density at radius 3 is 3.00 bits per heavy atom. The molecule has 104 valence electrons. The van der Waals surface area contributed by atoms with Crippen LogP contribution in [-0.2, 0) is 6.42 Å². The average Bonchev–Trinajstić information content (AvgIpc) is 3.15. The van der Waals surface area contributed by atoms with Gasteiger partial charge >= 0.3 is 0 Å². The van der Waals surface area contributed by atoms with E-state index in [9.17, 15) is 0 Å². The van der Waals surface area contributed by atoms with E-state index in [1.165, 1.54) is 24.8 Å². The van der Waals surface area contributed by atoms with Gasteiger partial charge in [0.15, 0.2) is 5.82 Å². The van der Waals surface area contributed by atoms with E-state index in [2.05, 4.69) is 27.6 Å². The SMILES string of the molecule is c1ccc(Cc2noc(C3NCC4CCCC43)n2)cc1. The summed E-state index contributed by atoms with van der Waals surface area (Å²) in [7, 11) is 0. The minimum Gasteiger partial charge on any atom is -0.338 e. The molecule has 2 aromatic rings. The van der Waals surface area contributed by atoms with Gasteiger partial charge in [0.05, 0.1) is 6.04 Å². The predicted molar refractivity (Wildman–Crippen MR) is 75.1 cm³/mol. The lowest BCUT2D eigenvalue weighted by atomic mass is 9.94. The highest BCUT2D eigenvalue weighted by atomic mass is 16.5. The standard InChI is InChI=1S/C16H19N3O/c1-2-5-11(6-3-1)9-14-18-16(20-19-14)15-13-8-4-7-12(13)10-17-15/h1-3,5-6,12-13,15,17H,4,7-10H2. The zero-order valence-corrected chi connectivity index (χ0v) is 11.5. The molecule has 1 saturated heterocycles. The lowest BCUT2D eigenvalue weighted by Crippen LogP contribution is -2.18. The zero-order valence-electron chi connectivity index (χ0n) is 11.5. The molecule has 1 N–H and O–H groups in total. The third-order valence-electron chi connectivity index (χ3n) is 4.70. The van der Waals surface area contributed by atoms with Gasteiger partial charge in [-0.25, -0.2) is 0 Å². The van der Waals surface area contributed by atoms with Crippen LogP contribution in [0.25, 0.3) is 0 Å². The third-order valence-corrected chi connectivity index (χ3v) is 4.70. The van der Waals surface area contributed by atoms with Gasteiger partial charge in [-0.2, -0.15) is 4.98 Å². The summed E-state index contributed by atoms with van der Waals surface area (Å²) in [5.74, 6) is 3.07. The Balaban J connectivity index is 1.51. The van der Waals surface area contributed by atoms with Crippen molar-refractivity contribution in [3.8, 4) is 0 Å². The minimum absolute atomic E-state index is 0.277. The molecule has 20 heavy (non-hydrogen) atoms. The first-order chi connectivity index (χ1) is 9.90. The number of aromatic nitrogens is 2. The maximum atomic E-state index is 5.51. The van der Waals surface area contributed by atoms with Crippen molar-refractivity contribution in [2.75, 3.05) is 6.54 Å². The van der Waals surface area contributed by atoms with Crippen LogP contribution in [0.1, 0.15) is 42.6 Å². The van der Waals surface area contributed by atoms with Crippen LogP contribution in [0.2, 0.25) is 0 Å². The van der Waals surface area contributed by atoms with Gasteiger partial charge in [-0.05, 0) is 36.8 Å². The molecular weight excluding hydrogens is 250 g/mol. The van der Waals surface area contributed by atoms with Crippen molar-refractivity contribution in [2.24, 2.45) is 11.8 Å². The summed E-state index contributed by atoms with van der Waals surface area (Å²) in [6.07, 6.45) is 4.72. The molecule has 1 aliphatic heterocycles. The van der Waals surface area contributed by atoms with Gasteiger partial charge in [0.2, 0.25) is 5.89 Å². The molecular formula is C16H19N3O. The van der Waals surface area contributed by atoms with Crippen molar-refractivity contribution in [1.82, 2.24) is 15.5 Å². The maximum absolute atomic E-state index is 5.51. The quantitative estimate of drug-likeness (QED) is 0.930. The van der Waals surface area contributed by atoms with Crippen molar-refractivity contribution in [3.63, 3.8) is 0 Å². The summed E-state index contributed by atoms with van der Waals surface area (Å²) in [6.45, 7) is 1.10. The Morgan fingerprint density at radius 1 is 1.20 bits per heavy atom. The second-order valence-corrected chi connectivity index (χ2v) is 5.95. The molecule has 4 nitrogen and oxygen atoms in total. The third kappa shape index (κ3) is 2.14. The van der Waals surface area contributed by atoms with Crippen LogP contribution in [0.3, 0.4) is 0 Å². The number of hydrogen-bond acceptors (Lipinski definition) is 4. The van der Waals surface area contributed by atoms with E-state index >= 15 is 0 Å². The molecule has 1 aromatic carbocycles. The van der Waals surface area contributed by atoms with Gasteiger partial charge in [0.1, 0.15) is 0 Å². The van der Waals surface area contributed by atoms with E-state index in [1.54, 1.807) is 0 Å². The molecule has 1 aromatic heterocycles. The van der Waals surface area contributed by atoms with Gasteiger partial charge < -0.3 is 9.84 Å². The summed E-state index contributed by atoms with van der Waals surface area (Å²) in [5.41, 5.74) is 1.22. The maximum Gasteiger partial charge on any atom is 0.244 e. The second kappa shape index (κ2) is 5.02. The fourth-order valence-electron chi connectivity index (χ4n) is 3.70. The van der Waals surface area contributed by atoms with Gasteiger partial charge in [-0.15, -0.1) is 0 Å². The summed E-state index contributed by atoms with van der Waals surface area (Å²) >= 11 is 0. The highest BCUT2D eigenvalue weighted by Gasteiger charge is 2.42. The van der Waals surface area contributed by atoms with Gasteiger partial charge in [0, 0.05) is 6.42 Å².